The molecule has 0 fully saturated rings. The van der Waals surface area contributed by atoms with Gasteiger partial charge in [0, 0.05) is 25.7 Å². The highest BCUT2D eigenvalue weighted by molar-refractivity contribution is 7.99. The molecule has 2 N–H and O–H groups in total. The van der Waals surface area contributed by atoms with Crippen LogP contribution in [0.2, 0.25) is 0 Å². The van der Waals surface area contributed by atoms with E-state index in [1.165, 1.54) is 83.1 Å². The van der Waals surface area contributed by atoms with Crippen molar-refractivity contribution in [3.05, 3.63) is 11.6 Å². The zero-order valence-corrected chi connectivity index (χ0v) is 25.7. The monoisotopic (exact) mass is 544 g/mol. The third-order valence-electron chi connectivity index (χ3n) is 6.81. The first-order chi connectivity index (χ1) is 17.5. The van der Waals surface area contributed by atoms with E-state index in [1.807, 2.05) is 0 Å². The number of allylic oxidation sites excluding steroid dienone is 1. The van der Waals surface area contributed by atoms with E-state index in [9.17, 15) is 14.7 Å². The molecule has 0 aliphatic rings. The Kier molecular flexibility index (Phi) is 20.9. The van der Waals surface area contributed by atoms with Crippen molar-refractivity contribution in [2.75, 3.05) is 39.3 Å². The Morgan fingerprint density at radius 3 is 2.08 bits per heavy atom. The van der Waals surface area contributed by atoms with E-state index in [1.54, 1.807) is 11.8 Å². The average molecular weight is 545 g/mol. The molecule has 0 heterocycles. The predicted octanol–water partition coefficient (Wildman–Crippen LogP) is 6.25. The number of thioether (sulfide) groups is 1. The molecule has 0 aliphatic carbocycles. The lowest BCUT2D eigenvalue weighted by atomic mass is 9.91. The number of likely N-dealkylation sites (N-methyl/N-ethyl adjacent to an activating group) is 1. The van der Waals surface area contributed by atoms with Gasteiger partial charge in [0.1, 0.15) is 6.04 Å². The number of rotatable bonds is 21. The maximum atomic E-state index is 12.3. The topological polar surface area (TPSA) is 88.1 Å². The van der Waals surface area contributed by atoms with Gasteiger partial charge in [0.25, 0.3) is 0 Å². The molecule has 0 radical (unpaired) electrons. The second-order valence-electron chi connectivity index (χ2n) is 11.0. The van der Waals surface area contributed by atoms with Crippen molar-refractivity contribution in [2.45, 2.75) is 105 Å². The minimum Gasteiger partial charge on any atom is -0.467 e. The number of amides is 2. The Morgan fingerprint density at radius 2 is 1.54 bits per heavy atom. The number of methoxy groups -OCH3 is 2. The van der Waals surface area contributed by atoms with E-state index in [0.29, 0.717) is 5.75 Å². The SMILES string of the molecule is COC(=O)C(CSC/C=C(\C)CCCC(C)CCCC(C)CCCC(C)C)NC(=O)N(C)CC(O)OC. The molecule has 0 saturated carbocycles. The van der Waals surface area contributed by atoms with Crippen LogP contribution in [0.3, 0.4) is 0 Å². The maximum absolute atomic E-state index is 12.3. The molecule has 0 aromatic heterocycles. The number of aliphatic hydroxyl groups excluding tert-OH is 1. The molecule has 8 heteroatoms. The van der Waals surface area contributed by atoms with Gasteiger partial charge in [-0.15, -0.1) is 0 Å². The predicted molar refractivity (Wildman–Crippen MR) is 156 cm³/mol. The summed E-state index contributed by atoms with van der Waals surface area (Å²) in [6, 6.07) is -1.22. The van der Waals surface area contributed by atoms with Gasteiger partial charge in [0.15, 0.2) is 6.29 Å². The van der Waals surface area contributed by atoms with E-state index in [0.717, 1.165) is 29.9 Å². The third-order valence-corrected chi connectivity index (χ3v) is 7.78. The molecule has 0 bridgehead atoms. The summed E-state index contributed by atoms with van der Waals surface area (Å²) >= 11 is 1.58. The van der Waals surface area contributed by atoms with Gasteiger partial charge in [0.2, 0.25) is 0 Å². The lowest BCUT2D eigenvalue weighted by Crippen LogP contribution is -2.50. The van der Waals surface area contributed by atoms with Crippen molar-refractivity contribution in [3.8, 4) is 0 Å². The fourth-order valence-corrected chi connectivity index (χ4v) is 5.15. The van der Waals surface area contributed by atoms with Crippen LogP contribution in [0.25, 0.3) is 0 Å². The van der Waals surface area contributed by atoms with Gasteiger partial charge < -0.3 is 24.8 Å². The number of esters is 1. The molecule has 2 amide bonds. The molecule has 218 valence electrons. The molecule has 37 heavy (non-hydrogen) atoms. The highest BCUT2D eigenvalue weighted by atomic mass is 32.2. The van der Waals surface area contributed by atoms with Crippen molar-refractivity contribution in [3.63, 3.8) is 0 Å². The van der Waals surface area contributed by atoms with E-state index < -0.39 is 24.3 Å². The van der Waals surface area contributed by atoms with E-state index in [-0.39, 0.29) is 6.54 Å². The summed E-state index contributed by atoms with van der Waals surface area (Å²) in [6.07, 6.45) is 12.8. The molecule has 4 atom stereocenters. The summed E-state index contributed by atoms with van der Waals surface area (Å²) in [4.78, 5) is 25.7. The largest absolute Gasteiger partial charge is 0.467 e. The molecule has 0 saturated heterocycles. The molecule has 4 unspecified atom stereocenters. The van der Waals surface area contributed by atoms with Crippen LogP contribution in [0.15, 0.2) is 11.6 Å². The van der Waals surface area contributed by atoms with Crippen LogP contribution >= 0.6 is 11.8 Å². The van der Waals surface area contributed by atoms with Gasteiger partial charge >= 0.3 is 12.0 Å². The fraction of sp³-hybridized carbons (Fsp3) is 0.862. The van der Waals surface area contributed by atoms with Crippen molar-refractivity contribution in [1.29, 1.82) is 0 Å². The van der Waals surface area contributed by atoms with Crippen molar-refractivity contribution < 1.29 is 24.2 Å². The highest BCUT2D eigenvalue weighted by Crippen LogP contribution is 2.22. The zero-order chi connectivity index (χ0) is 28.2. The summed E-state index contributed by atoms with van der Waals surface area (Å²) in [5.74, 6) is 3.15. The van der Waals surface area contributed by atoms with E-state index in [4.69, 9.17) is 9.47 Å². The molecule has 7 nitrogen and oxygen atoms in total. The minimum atomic E-state index is -1.08. The first-order valence-electron chi connectivity index (χ1n) is 14.0. The van der Waals surface area contributed by atoms with Crippen LogP contribution in [0, 0.1) is 17.8 Å². The van der Waals surface area contributed by atoms with Crippen LogP contribution in [0.5, 0.6) is 0 Å². The lowest BCUT2D eigenvalue weighted by molar-refractivity contribution is -0.142. The third kappa shape index (κ3) is 19.5. The Labute approximate surface area is 231 Å². The lowest BCUT2D eigenvalue weighted by Gasteiger charge is -2.23. The van der Waals surface area contributed by atoms with Gasteiger partial charge in [-0.05, 0) is 37.5 Å². The number of nitrogens with zero attached hydrogens (tertiary/aromatic N) is 1. The van der Waals surface area contributed by atoms with Crippen molar-refractivity contribution in [2.24, 2.45) is 17.8 Å². The number of ether oxygens (including phenoxy) is 2. The molecule has 0 aliphatic heterocycles. The zero-order valence-electron chi connectivity index (χ0n) is 24.9. The Balaban J connectivity index is 4.20. The normalized spacial score (nSPS) is 15.2. The average Bonchev–Trinajstić information content (AvgIpc) is 2.84. The highest BCUT2D eigenvalue weighted by Gasteiger charge is 2.23. The number of carbonyl (C=O) groups excluding carboxylic acids is 2. The Morgan fingerprint density at radius 1 is 0.973 bits per heavy atom. The molecule has 0 aromatic rings. The van der Waals surface area contributed by atoms with Crippen LogP contribution in [0.4, 0.5) is 4.79 Å². The smallest absolute Gasteiger partial charge is 0.329 e. The van der Waals surface area contributed by atoms with Crippen LogP contribution in [0.1, 0.15) is 92.4 Å². The summed E-state index contributed by atoms with van der Waals surface area (Å²) in [5.41, 5.74) is 1.37. The first-order valence-corrected chi connectivity index (χ1v) is 15.2. The fourth-order valence-electron chi connectivity index (χ4n) is 4.16. The van der Waals surface area contributed by atoms with Crippen molar-refractivity contribution in [1.82, 2.24) is 10.2 Å². The molecular formula is C29H56N2O5S. The summed E-state index contributed by atoms with van der Waals surface area (Å²) in [5, 5.41) is 12.2. The van der Waals surface area contributed by atoms with Crippen LogP contribution in [-0.4, -0.2) is 73.7 Å². The molecule has 0 rings (SSSR count). The number of nitrogens with one attached hydrogen (secondary N) is 1. The van der Waals surface area contributed by atoms with E-state index in [2.05, 4.69) is 46.0 Å². The second-order valence-corrected chi connectivity index (χ2v) is 12.1. The first kappa shape index (κ1) is 35.8. The number of aliphatic hydroxyl groups is 1. The number of hydrogen-bond acceptors (Lipinski definition) is 6. The summed E-state index contributed by atoms with van der Waals surface area (Å²) in [7, 11) is 4.20. The number of hydrogen-bond donors (Lipinski definition) is 2. The maximum Gasteiger partial charge on any atom is 0.329 e. The minimum absolute atomic E-state index is 0.00147. The van der Waals surface area contributed by atoms with Gasteiger partial charge in [-0.2, -0.15) is 11.8 Å². The molecular weight excluding hydrogens is 488 g/mol. The van der Waals surface area contributed by atoms with Gasteiger partial charge in [-0.3, -0.25) is 0 Å². The van der Waals surface area contributed by atoms with Gasteiger partial charge in [-0.25, -0.2) is 9.59 Å². The molecule has 0 aromatic carbocycles. The van der Waals surface area contributed by atoms with Crippen molar-refractivity contribution >= 4 is 23.8 Å². The molecule has 0 spiro atoms. The second kappa shape index (κ2) is 21.7. The number of urea groups is 1. The Bertz CT molecular complexity index is 644. The van der Waals surface area contributed by atoms with Crippen LogP contribution < -0.4 is 5.32 Å². The summed E-state index contributed by atoms with van der Waals surface area (Å²) in [6.45, 7) is 11.6. The summed E-state index contributed by atoms with van der Waals surface area (Å²) < 4.78 is 9.60. The standard InChI is InChI=1S/C29H56N2O5S/c1-22(2)12-9-13-23(3)14-10-15-24(4)16-11-17-25(5)18-19-37-21-26(28(33)36-8)30-29(34)31(6)20-27(32)35-7/h18,22-24,26-27,32H,9-17,19-21H2,1-8H3,(H,30,34)/b25-18+. The van der Waals surface area contributed by atoms with E-state index >= 15 is 0 Å². The quantitative estimate of drug-likeness (QED) is 0.0768. The van der Waals surface area contributed by atoms with Crippen LogP contribution in [-0.2, 0) is 14.3 Å². The Hall–Kier alpha value is -1.25. The number of carbonyl (C=O) groups is 2. The van der Waals surface area contributed by atoms with Gasteiger partial charge in [0.05, 0.1) is 13.7 Å². The van der Waals surface area contributed by atoms with Gasteiger partial charge in [-0.1, -0.05) is 84.3 Å².